The third-order valence-electron chi connectivity index (χ3n) is 5.78. The lowest BCUT2D eigenvalue weighted by molar-refractivity contribution is -0.384. The number of hydrogen-bond acceptors (Lipinski definition) is 9. The van der Waals surface area contributed by atoms with Crippen LogP contribution in [0.2, 0.25) is 0 Å². The van der Waals surface area contributed by atoms with Crippen molar-refractivity contribution < 1.29 is 28.8 Å². The maximum atomic E-state index is 13.0. The predicted molar refractivity (Wildman–Crippen MR) is 128 cm³/mol. The number of nitro groups is 1. The first-order valence-corrected chi connectivity index (χ1v) is 11.7. The molecule has 1 saturated heterocycles. The Morgan fingerprint density at radius 1 is 1.24 bits per heavy atom. The summed E-state index contributed by atoms with van der Waals surface area (Å²) in [5, 5.41) is 14.5. The molecule has 1 aromatic carbocycles. The van der Waals surface area contributed by atoms with E-state index in [4.69, 9.17) is 9.47 Å². The average molecular weight is 490 g/mol. The summed E-state index contributed by atoms with van der Waals surface area (Å²) in [4.78, 5) is 51.0. The SMILES string of the molecule is CCOC(=O)c1c(NC(=O)c2ccc(N3CCC(C)CC3)c([N+](=O)[O-])c2)sc(C(=O)OC)c1C. The maximum Gasteiger partial charge on any atom is 0.348 e. The van der Waals surface area contributed by atoms with E-state index >= 15 is 0 Å². The summed E-state index contributed by atoms with van der Waals surface area (Å²) in [5.41, 5.74) is 0.743. The number of rotatable bonds is 7. The molecular formula is C23H27N3O7S. The van der Waals surface area contributed by atoms with Gasteiger partial charge in [0.1, 0.15) is 15.6 Å². The largest absolute Gasteiger partial charge is 0.465 e. The van der Waals surface area contributed by atoms with E-state index in [0.717, 1.165) is 24.2 Å². The summed E-state index contributed by atoms with van der Waals surface area (Å²) in [6.07, 6.45) is 1.88. The summed E-state index contributed by atoms with van der Waals surface area (Å²) in [6.45, 7) is 6.88. The second-order valence-corrected chi connectivity index (χ2v) is 9.08. The fourth-order valence-corrected chi connectivity index (χ4v) is 4.95. The van der Waals surface area contributed by atoms with Crippen LogP contribution in [0.1, 0.15) is 62.6 Å². The lowest BCUT2D eigenvalue weighted by Crippen LogP contribution is -2.33. The Labute approximate surface area is 201 Å². The normalized spacial score (nSPS) is 13.9. The number of piperidine rings is 1. The molecule has 2 aromatic rings. The zero-order chi connectivity index (χ0) is 25.0. The van der Waals surface area contributed by atoms with E-state index in [0.29, 0.717) is 30.3 Å². The van der Waals surface area contributed by atoms with Gasteiger partial charge in [0.25, 0.3) is 11.6 Å². The summed E-state index contributed by atoms with van der Waals surface area (Å²) >= 11 is 0.883. The molecule has 0 spiro atoms. The number of ether oxygens (including phenoxy) is 2. The lowest BCUT2D eigenvalue weighted by atomic mass is 9.98. The number of thiophene rings is 1. The Hall–Kier alpha value is -3.47. The van der Waals surface area contributed by atoms with Crippen molar-refractivity contribution in [3.8, 4) is 0 Å². The molecule has 0 saturated carbocycles. The van der Waals surface area contributed by atoms with Gasteiger partial charge in [-0.1, -0.05) is 6.92 Å². The number of anilines is 2. The minimum Gasteiger partial charge on any atom is -0.465 e. The highest BCUT2D eigenvalue weighted by Crippen LogP contribution is 2.36. The molecule has 1 aromatic heterocycles. The first-order valence-electron chi connectivity index (χ1n) is 10.9. The molecule has 10 nitrogen and oxygen atoms in total. The molecule has 1 fully saturated rings. The number of carbonyl (C=O) groups excluding carboxylic acids is 3. The second-order valence-electron chi connectivity index (χ2n) is 8.06. The van der Waals surface area contributed by atoms with Gasteiger partial charge < -0.3 is 19.7 Å². The van der Waals surface area contributed by atoms with Crippen LogP contribution in [0.3, 0.4) is 0 Å². The predicted octanol–water partition coefficient (Wildman–Crippen LogP) is 4.42. The number of benzene rings is 1. The van der Waals surface area contributed by atoms with Crippen LogP contribution in [0.4, 0.5) is 16.4 Å². The van der Waals surface area contributed by atoms with E-state index in [-0.39, 0.29) is 33.3 Å². The molecule has 1 amide bonds. The average Bonchev–Trinajstić information content (AvgIpc) is 3.14. The van der Waals surface area contributed by atoms with Gasteiger partial charge >= 0.3 is 11.9 Å². The van der Waals surface area contributed by atoms with Crippen molar-refractivity contribution in [2.24, 2.45) is 5.92 Å². The number of amides is 1. The molecule has 0 unspecified atom stereocenters. The highest BCUT2D eigenvalue weighted by molar-refractivity contribution is 7.18. The topological polar surface area (TPSA) is 128 Å². The van der Waals surface area contributed by atoms with Crippen molar-refractivity contribution in [2.75, 3.05) is 37.0 Å². The smallest absolute Gasteiger partial charge is 0.348 e. The zero-order valence-corrected chi connectivity index (χ0v) is 20.3. The number of esters is 2. The molecule has 0 aliphatic carbocycles. The number of hydrogen-bond donors (Lipinski definition) is 1. The van der Waals surface area contributed by atoms with Gasteiger partial charge in [-0.15, -0.1) is 11.3 Å². The maximum absolute atomic E-state index is 13.0. The summed E-state index contributed by atoms with van der Waals surface area (Å²) < 4.78 is 9.84. The Morgan fingerprint density at radius 2 is 1.91 bits per heavy atom. The van der Waals surface area contributed by atoms with Crippen LogP contribution in [0.5, 0.6) is 0 Å². The van der Waals surface area contributed by atoms with Crippen molar-refractivity contribution in [3.63, 3.8) is 0 Å². The second kappa shape index (κ2) is 10.6. The molecule has 0 atom stereocenters. The molecule has 1 aliphatic rings. The molecule has 182 valence electrons. The van der Waals surface area contributed by atoms with Crippen molar-refractivity contribution in [1.82, 2.24) is 0 Å². The van der Waals surface area contributed by atoms with Crippen molar-refractivity contribution in [1.29, 1.82) is 0 Å². The number of nitrogens with one attached hydrogen (secondary N) is 1. The highest BCUT2D eigenvalue weighted by atomic mass is 32.1. The van der Waals surface area contributed by atoms with Crippen LogP contribution >= 0.6 is 11.3 Å². The van der Waals surface area contributed by atoms with Crippen molar-refractivity contribution in [2.45, 2.75) is 33.6 Å². The molecule has 1 N–H and O–H groups in total. The molecule has 1 aliphatic heterocycles. The van der Waals surface area contributed by atoms with Gasteiger partial charge in [0.15, 0.2) is 0 Å². The monoisotopic (exact) mass is 489 g/mol. The first kappa shape index (κ1) is 25.2. The van der Waals surface area contributed by atoms with E-state index in [2.05, 4.69) is 12.2 Å². The van der Waals surface area contributed by atoms with E-state index in [1.807, 2.05) is 4.90 Å². The van der Waals surface area contributed by atoms with Crippen LogP contribution in [0, 0.1) is 23.0 Å². The van der Waals surface area contributed by atoms with E-state index in [1.54, 1.807) is 19.9 Å². The van der Waals surface area contributed by atoms with Crippen molar-refractivity contribution >= 4 is 45.6 Å². The standard InChI is InChI=1S/C23H27N3O7S/c1-5-33-22(28)18-14(3)19(23(29)32-4)34-21(18)24-20(27)15-6-7-16(17(12-15)26(30)31)25-10-8-13(2)9-11-25/h6-7,12-13H,5,8-11H2,1-4H3,(H,24,27). The number of nitro benzene ring substituents is 1. The summed E-state index contributed by atoms with van der Waals surface area (Å²) in [7, 11) is 1.22. The third kappa shape index (κ3) is 5.19. The van der Waals surface area contributed by atoms with E-state index in [9.17, 15) is 24.5 Å². The molecular weight excluding hydrogens is 462 g/mol. The van der Waals surface area contributed by atoms with E-state index < -0.39 is 22.8 Å². The molecule has 2 heterocycles. The minimum atomic E-state index is -0.692. The minimum absolute atomic E-state index is 0.0501. The van der Waals surface area contributed by atoms with Crippen LogP contribution in [-0.2, 0) is 9.47 Å². The fourth-order valence-electron chi connectivity index (χ4n) is 3.84. The Morgan fingerprint density at radius 3 is 2.50 bits per heavy atom. The number of carbonyl (C=O) groups is 3. The zero-order valence-electron chi connectivity index (χ0n) is 19.5. The molecule has 34 heavy (non-hydrogen) atoms. The van der Waals surface area contributed by atoms with Gasteiger partial charge in [-0.2, -0.15) is 0 Å². The summed E-state index contributed by atoms with van der Waals surface area (Å²) in [6, 6.07) is 4.32. The quantitative estimate of drug-likeness (QED) is 0.344. The van der Waals surface area contributed by atoms with Crippen LogP contribution < -0.4 is 10.2 Å². The van der Waals surface area contributed by atoms with Crippen LogP contribution in [0.25, 0.3) is 0 Å². The Bertz CT molecular complexity index is 1120. The number of nitrogens with zero attached hydrogens (tertiary/aromatic N) is 2. The highest BCUT2D eigenvalue weighted by Gasteiger charge is 2.29. The lowest BCUT2D eigenvalue weighted by Gasteiger charge is -2.31. The Kier molecular flexibility index (Phi) is 7.87. The number of methoxy groups -OCH3 is 1. The van der Waals surface area contributed by atoms with Crippen LogP contribution in [-0.4, -0.2) is 49.6 Å². The van der Waals surface area contributed by atoms with Gasteiger partial charge in [-0.25, -0.2) is 9.59 Å². The Balaban J connectivity index is 1.93. The van der Waals surface area contributed by atoms with Gasteiger partial charge in [-0.05, 0) is 50.3 Å². The van der Waals surface area contributed by atoms with Gasteiger partial charge in [-0.3, -0.25) is 14.9 Å². The fraction of sp³-hybridized carbons (Fsp3) is 0.435. The summed E-state index contributed by atoms with van der Waals surface area (Å²) in [5.74, 6) is -1.42. The van der Waals surface area contributed by atoms with Gasteiger partial charge in [0.2, 0.25) is 0 Å². The third-order valence-corrected chi connectivity index (χ3v) is 6.97. The van der Waals surface area contributed by atoms with Gasteiger partial charge in [0.05, 0.1) is 24.2 Å². The van der Waals surface area contributed by atoms with E-state index in [1.165, 1.54) is 19.2 Å². The van der Waals surface area contributed by atoms with Crippen molar-refractivity contribution in [3.05, 3.63) is 49.9 Å². The molecule has 11 heteroatoms. The molecule has 0 bridgehead atoms. The molecule has 0 radical (unpaired) electrons. The van der Waals surface area contributed by atoms with Crippen LogP contribution in [0.15, 0.2) is 18.2 Å². The molecule has 3 rings (SSSR count). The first-order chi connectivity index (χ1) is 16.2. The van der Waals surface area contributed by atoms with Gasteiger partial charge in [0, 0.05) is 24.7 Å².